The zero-order valence-corrected chi connectivity index (χ0v) is 16.5. The van der Waals surface area contributed by atoms with Gasteiger partial charge in [-0.3, -0.25) is 0 Å². The molecule has 0 N–H and O–H groups in total. The Morgan fingerprint density at radius 1 is 1.04 bits per heavy atom. The molecule has 142 valence electrons. The van der Waals surface area contributed by atoms with Gasteiger partial charge in [-0.25, -0.2) is 4.39 Å². The summed E-state index contributed by atoms with van der Waals surface area (Å²) in [4.78, 5) is 0. The zero-order chi connectivity index (χ0) is 18.5. The summed E-state index contributed by atoms with van der Waals surface area (Å²) in [5, 5.41) is 8.91. The molecule has 0 aliphatic heterocycles. The van der Waals surface area contributed by atoms with Crippen LogP contribution in [0.15, 0.2) is 18.2 Å². The second kappa shape index (κ2) is 9.03. The number of nitrogens with zero attached hydrogens (tertiary/aromatic N) is 1. The average Bonchev–Trinajstić information content (AvgIpc) is 2.68. The van der Waals surface area contributed by atoms with E-state index < -0.39 is 0 Å². The van der Waals surface area contributed by atoms with E-state index in [4.69, 9.17) is 5.26 Å². The maximum atomic E-state index is 13.9. The fourth-order valence-corrected chi connectivity index (χ4v) is 5.65. The van der Waals surface area contributed by atoms with Crippen molar-refractivity contribution < 1.29 is 4.39 Å². The molecule has 2 saturated carbocycles. The van der Waals surface area contributed by atoms with Crippen LogP contribution in [0.1, 0.15) is 95.1 Å². The predicted octanol–water partition coefficient (Wildman–Crippen LogP) is 7.21. The van der Waals surface area contributed by atoms with Gasteiger partial charge in [0.1, 0.15) is 11.9 Å². The summed E-state index contributed by atoms with van der Waals surface area (Å²) >= 11 is 0. The van der Waals surface area contributed by atoms with Gasteiger partial charge in [-0.05, 0) is 85.8 Å². The molecule has 2 heteroatoms. The second-order valence-electron chi connectivity index (χ2n) is 8.88. The number of hydrogen-bond donors (Lipinski definition) is 0. The van der Waals surface area contributed by atoms with Crippen LogP contribution in [0, 0.1) is 40.8 Å². The normalized spacial score (nSPS) is 30.5. The van der Waals surface area contributed by atoms with Gasteiger partial charge in [0.15, 0.2) is 0 Å². The topological polar surface area (TPSA) is 23.8 Å². The molecule has 1 aromatic carbocycles. The first-order chi connectivity index (χ1) is 12.6. The standard InChI is InChI=1S/C24H34FN/c1-3-4-18-5-7-20(8-6-18)21-11-9-19(10-12-21)17(2)22-13-14-23(16-26)24(25)15-22/h13-15,17-21H,3-12H2,1-2H3. The van der Waals surface area contributed by atoms with E-state index in [0.717, 1.165) is 23.3 Å². The molecule has 3 rings (SSSR count). The van der Waals surface area contributed by atoms with Crippen LogP contribution in [-0.2, 0) is 0 Å². The summed E-state index contributed by atoms with van der Waals surface area (Å²) in [6, 6.07) is 7.10. The van der Waals surface area contributed by atoms with Crippen LogP contribution in [-0.4, -0.2) is 0 Å². The molecule has 26 heavy (non-hydrogen) atoms. The van der Waals surface area contributed by atoms with Crippen molar-refractivity contribution in [3.05, 3.63) is 35.1 Å². The highest BCUT2D eigenvalue weighted by atomic mass is 19.1. The van der Waals surface area contributed by atoms with Gasteiger partial charge in [0, 0.05) is 0 Å². The van der Waals surface area contributed by atoms with E-state index in [9.17, 15) is 4.39 Å². The lowest BCUT2D eigenvalue weighted by molar-refractivity contribution is 0.137. The monoisotopic (exact) mass is 355 g/mol. The molecule has 0 radical (unpaired) electrons. The van der Waals surface area contributed by atoms with E-state index in [1.54, 1.807) is 12.1 Å². The van der Waals surface area contributed by atoms with Gasteiger partial charge in [0.25, 0.3) is 0 Å². The molecule has 2 fully saturated rings. The first-order valence-corrected chi connectivity index (χ1v) is 10.8. The van der Waals surface area contributed by atoms with E-state index in [2.05, 4.69) is 13.8 Å². The fourth-order valence-electron chi connectivity index (χ4n) is 5.65. The Morgan fingerprint density at radius 2 is 1.65 bits per heavy atom. The van der Waals surface area contributed by atoms with Crippen molar-refractivity contribution in [1.29, 1.82) is 5.26 Å². The summed E-state index contributed by atoms with van der Waals surface area (Å²) < 4.78 is 13.9. The minimum atomic E-state index is -0.366. The van der Waals surface area contributed by atoms with Crippen LogP contribution < -0.4 is 0 Å². The van der Waals surface area contributed by atoms with Crippen LogP contribution in [0.4, 0.5) is 4.39 Å². The van der Waals surface area contributed by atoms with E-state index >= 15 is 0 Å². The molecule has 0 amide bonds. The van der Waals surface area contributed by atoms with Gasteiger partial charge in [-0.1, -0.05) is 45.6 Å². The highest BCUT2D eigenvalue weighted by molar-refractivity contribution is 5.34. The first-order valence-electron chi connectivity index (χ1n) is 10.8. The minimum Gasteiger partial charge on any atom is -0.206 e. The van der Waals surface area contributed by atoms with Crippen molar-refractivity contribution in [2.24, 2.45) is 23.7 Å². The van der Waals surface area contributed by atoms with Crippen molar-refractivity contribution in [2.75, 3.05) is 0 Å². The third-order valence-corrected chi connectivity index (χ3v) is 7.42. The maximum Gasteiger partial charge on any atom is 0.141 e. The SMILES string of the molecule is CCCC1CCC(C2CCC(C(C)c3ccc(C#N)c(F)c3)CC2)CC1. The van der Waals surface area contributed by atoms with Gasteiger partial charge in [0.05, 0.1) is 5.56 Å². The molecular formula is C24H34FN. The number of benzene rings is 1. The van der Waals surface area contributed by atoms with Crippen molar-refractivity contribution in [3.8, 4) is 6.07 Å². The van der Waals surface area contributed by atoms with Gasteiger partial charge in [-0.2, -0.15) is 5.26 Å². The Bertz CT molecular complexity index is 616. The van der Waals surface area contributed by atoms with Crippen LogP contribution >= 0.6 is 0 Å². The minimum absolute atomic E-state index is 0.156. The molecule has 1 atom stereocenters. The number of halogens is 1. The number of hydrogen-bond acceptors (Lipinski definition) is 1. The molecule has 0 spiro atoms. The van der Waals surface area contributed by atoms with Crippen LogP contribution in [0.5, 0.6) is 0 Å². The first kappa shape index (κ1) is 19.4. The van der Waals surface area contributed by atoms with Crippen molar-refractivity contribution >= 4 is 0 Å². The Labute approximate surface area is 159 Å². The molecule has 1 aromatic rings. The smallest absolute Gasteiger partial charge is 0.141 e. The van der Waals surface area contributed by atoms with Gasteiger partial charge >= 0.3 is 0 Å². The lowest BCUT2D eigenvalue weighted by atomic mass is 9.66. The average molecular weight is 356 g/mol. The van der Waals surface area contributed by atoms with Crippen molar-refractivity contribution in [1.82, 2.24) is 0 Å². The molecule has 0 heterocycles. The summed E-state index contributed by atoms with van der Waals surface area (Å²) in [7, 11) is 0. The van der Waals surface area contributed by atoms with E-state index in [1.807, 2.05) is 12.1 Å². The molecule has 1 unspecified atom stereocenters. The molecule has 2 aliphatic carbocycles. The summed E-state index contributed by atoms with van der Waals surface area (Å²) in [6.07, 6.45) is 13.9. The Hall–Kier alpha value is -1.36. The summed E-state index contributed by atoms with van der Waals surface area (Å²) in [5.41, 5.74) is 1.22. The predicted molar refractivity (Wildman–Crippen MR) is 105 cm³/mol. The number of rotatable bonds is 5. The lowest BCUT2D eigenvalue weighted by Crippen LogP contribution is -2.27. The van der Waals surface area contributed by atoms with Crippen LogP contribution in [0.25, 0.3) is 0 Å². The van der Waals surface area contributed by atoms with Crippen LogP contribution in [0.2, 0.25) is 0 Å². The fraction of sp³-hybridized carbons (Fsp3) is 0.708. The maximum absolute atomic E-state index is 13.9. The van der Waals surface area contributed by atoms with Crippen LogP contribution in [0.3, 0.4) is 0 Å². The third-order valence-electron chi connectivity index (χ3n) is 7.42. The largest absolute Gasteiger partial charge is 0.206 e. The Balaban J connectivity index is 1.51. The molecule has 0 saturated heterocycles. The summed E-state index contributed by atoms with van der Waals surface area (Å²) in [6.45, 7) is 4.55. The molecule has 2 aliphatic rings. The highest BCUT2D eigenvalue weighted by Gasteiger charge is 2.32. The van der Waals surface area contributed by atoms with E-state index in [-0.39, 0.29) is 11.4 Å². The third kappa shape index (κ3) is 4.48. The molecular weight excluding hydrogens is 321 g/mol. The highest BCUT2D eigenvalue weighted by Crippen LogP contribution is 2.45. The van der Waals surface area contributed by atoms with Gasteiger partial charge < -0.3 is 0 Å². The molecule has 1 nitrogen and oxygen atoms in total. The van der Waals surface area contributed by atoms with Crippen molar-refractivity contribution in [3.63, 3.8) is 0 Å². The Kier molecular flexibility index (Phi) is 6.74. The van der Waals surface area contributed by atoms with Gasteiger partial charge in [-0.15, -0.1) is 0 Å². The second-order valence-corrected chi connectivity index (χ2v) is 8.88. The summed E-state index contributed by atoms with van der Waals surface area (Å²) in [5.74, 6) is 3.58. The van der Waals surface area contributed by atoms with E-state index in [1.165, 1.54) is 64.2 Å². The van der Waals surface area contributed by atoms with E-state index in [0.29, 0.717) is 11.8 Å². The lowest BCUT2D eigenvalue weighted by Gasteiger charge is -2.39. The number of nitriles is 1. The Morgan fingerprint density at radius 3 is 2.19 bits per heavy atom. The quantitative estimate of drug-likeness (QED) is 0.547. The zero-order valence-electron chi connectivity index (χ0n) is 16.5. The molecule has 0 aromatic heterocycles. The van der Waals surface area contributed by atoms with Gasteiger partial charge in [0.2, 0.25) is 0 Å². The van der Waals surface area contributed by atoms with Crippen molar-refractivity contribution in [2.45, 2.75) is 84.0 Å². The molecule has 0 bridgehead atoms.